The van der Waals surface area contributed by atoms with Crippen LogP contribution in [0.25, 0.3) is 0 Å². The molecule has 1 unspecified atom stereocenters. The summed E-state index contributed by atoms with van der Waals surface area (Å²) >= 11 is 0. The van der Waals surface area contributed by atoms with E-state index < -0.39 is 24.0 Å². The maximum Gasteiger partial charge on any atom is 0.463 e. The minimum atomic E-state index is -5.85. The molecule has 0 aromatic heterocycles. The topological polar surface area (TPSA) is 29.1 Å². The molecule has 0 aliphatic carbocycles. The molecule has 0 aliphatic rings. The molecule has 0 radical (unpaired) electrons. The highest BCUT2D eigenvalue weighted by Gasteiger charge is 2.63. The number of carbonyl (C=O) groups is 1. The zero-order chi connectivity index (χ0) is 13.1. The number of alkyl halides is 5. The Morgan fingerprint density at radius 2 is 1.62 bits per heavy atom. The molecule has 16 heavy (non-hydrogen) atoms. The van der Waals surface area contributed by atoms with Gasteiger partial charge in [0.15, 0.2) is 0 Å². The van der Waals surface area contributed by atoms with Crippen molar-refractivity contribution in [2.45, 2.75) is 45.3 Å². The average molecular weight is 247 g/mol. The normalized spacial score (nSPS) is 15.1. The lowest BCUT2D eigenvalue weighted by atomic mass is 10.0. The molecule has 96 valence electrons. The van der Waals surface area contributed by atoms with Crippen LogP contribution in [0.3, 0.4) is 0 Å². The molecule has 0 saturated heterocycles. The summed E-state index contributed by atoms with van der Waals surface area (Å²) in [4.78, 5) is 10.8. The molecule has 2 nitrogen and oxygen atoms in total. The van der Waals surface area contributed by atoms with Crippen molar-refractivity contribution in [3.8, 4) is 0 Å². The first-order chi connectivity index (χ1) is 7.04. The van der Waals surface area contributed by atoms with Crippen LogP contribution >= 0.6 is 0 Å². The summed E-state index contributed by atoms with van der Waals surface area (Å²) in [6.07, 6.45) is -5.57. The molecule has 1 N–H and O–H groups in total. The minimum absolute atomic E-state index is 0.210. The predicted molar refractivity (Wildman–Crippen MR) is 48.1 cm³/mol. The van der Waals surface area contributed by atoms with E-state index in [-0.39, 0.29) is 12.3 Å². The zero-order valence-electron chi connectivity index (χ0n) is 9.16. The third-order valence-corrected chi connectivity index (χ3v) is 2.20. The summed E-state index contributed by atoms with van der Waals surface area (Å²) in [6, 6.07) is -0.694. The van der Waals surface area contributed by atoms with Gasteiger partial charge in [0.25, 0.3) is 0 Å². The van der Waals surface area contributed by atoms with Crippen LogP contribution in [-0.4, -0.2) is 24.0 Å². The average Bonchev–Trinajstić information content (AvgIpc) is 2.11. The number of halogens is 5. The first-order valence-electron chi connectivity index (χ1n) is 4.79. The van der Waals surface area contributed by atoms with Crippen LogP contribution < -0.4 is 5.32 Å². The number of nitrogens with one attached hydrogen (secondary N) is 1. The first-order valence-corrected chi connectivity index (χ1v) is 4.79. The molecular formula is C9H14F5NO. The van der Waals surface area contributed by atoms with E-state index in [1.54, 1.807) is 26.1 Å². The second-order valence-corrected chi connectivity index (χ2v) is 3.80. The van der Waals surface area contributed by atoms with Gasteiger partial charge in [0.2, 0.25) is 0 Å². The fourth-order valence-corrected chi connectivity index (χ4v) is 1.13. The van der Waals surface area contributed by atoms with Crippen LogP contribution in [0.2, 0.25) is 0 Å². The molecule has 0 saturated carbocycles. The highest BCUT2D eigenvalue weighted by atomic mass is 19.4. The van der Waals surface area contributed by atoms with Crippen LogP contribution in [0.5, 0.6) is 0 Å². The van der Waals surface area contributed by atoms with Gasteiger partial charge in [-0.1, -0.05) is 20.8 Å². The highest BCUT2D eigenvalue weighted by molar-refractivity contribution is 5.84. The quantitative estimate of drug-likeness (QED) is 0.760. The summed E-state index contributed by atoms with van der Waals surface area (Å²) in [6.45, 7) is 4.84. The molecule has 7 heteroatoms. The predicted octanol–water partition coefficient (Wildman–Crippen LogP) is 2.73. The van der Waals surface area contributed by atoms with Crippen LogP contribution in [-0.2, 0) is 4.79 Å². The van der Waals surface area contributed by atoms with E-state index in [9.17, 15) is 26.7 Å². The maximum atomic E-state index is 12.5. The van der Waals surface area contributed by atoms with Gasteiger partial charge in [0.05, 0.1) is 0 Å². The van der Waals surface area contributed by atoms with E-state index >= 15 is 0 Å². The third kappa shape index (κ3) is 3.31. The highest BCUT2D eigenvalue weighted by Crippen LogP contribution is 2.35. The van der Waals surface area contributed by atoms with Gasteiger partial charge in [-0.05, 0) is 12.3 Å². The second kappa shape index (κ2) is 4.97. The van der Waals surface area contributed by atoms with E-state index in [4.69, 9.17) is 0 Å². The second-order valence-electron chi connectivity index (χ2n) is 3.80. The van der Waals surface area contributed by atoms with E-state index in [0.29, 0.717) is 0 Å². The molecule has 1 amide bonds. The third-order valence-electron chi connectivity index (χ3n) is 2.20. The van der Waals surface area contributed by atoms with E-state index in [0.717, 1.165) is 0 Å². The number of hydrogen-bond acceptors (Lipinski definition) is 1. The van der Waals surface area contributed by atoms with Gasteiger partial charge in [0, 0.05) is 6.04 Å². The number of rotatable bonds is 4. The molecule has 0 aromatic rings. The fourth-order valence-electron chi connectivity index (χ4n) is 1.13. The van der Waals surface area contributed by atoms with Gasteiger partial charge < -0.3 is 5.32 Å². The largest absolute Gasteiger partial charge is 0.463 e. The SMILES string of the molecule is CCC(NC(=O)C(F)(F)C(F)(F)F)C(C)C. The molecule has 0 fully saturated rings. The van der Waals surface area contributed by atoms with Crippen molar-refractivity contribution in [2.24, 2.45) is 5.92 Å². The standard InChI is InChI=1S/C9H14F5NO/c1-4-6(5(2)3)15-7(16)8(10,11)9(12,13)14/h5-6H,4H2,1-3H3,(H,15,16). The summed E-state index contributed by atoms with van der Waals surface area (Å²) in [5, 5.41) is 1.70. The van der Waals surface area contributed by atoms with Crippen molar-refractivity contribution in [2.75, 3.05) is 0 Å². The molecular weight excluding hydrogens is 233 g/mol. The number of hydrogen-bond donors (Lipinski definition) is 1. The van der Waals surface area contributed by atoms with E-state index in [1.807, 2.05) is 0 Å². The summed E-state index contributed by atoms with van der Waals surface area (Å²) in [7, 11) is 0. The Balaban J connectivity index is 4.70. The Labute approximate surface area is 90.2 Å². The summed E-state index contributed by atoms with van der Waals surface area (Å²) in [5.41, 5.74) is 0. The van der Waals surface area contributed by atoms with Gasteiger partial charge in [-0.2, -0.15) is 22.0 Å². The van der Waals surface area contributed by atoms with Gasteiger partial charge in [-0.15, -0.1) is 0 Å². The molecule has 0 heterocycles. The number of carbonyl (C=O) groups excluding carboxylic acids is 1. The smallest absolute Gasteiger partial charge is 0.348 e. The molecule has 0 rings (SSSR count). The Hall–Kier alpha value is -0.880. The van der Waals surface area contributed by atoms with Crippen LogP contribution in [0.4, 0.5) is 22.0 Å². The Bertz CT molecular complexity index is 249. The fraction of sp³-hybridized carbons (Fsp3) is 0.889. The number of amides is 1. The van der Waals surface area contributed by atoms with Crippen molar-refractivity contribution in [1.29, 1.82) is 0 Å². The van der Waals surface area contributed by atoms with Crippen LogP contribution in [0, 0.1) is 5.92 Å². The van der Waals surface area contributed by atoms with Crippen molar-refractivity contribution < 1.29 is 26.7 Å². The monoisotopic (exact) mass is 247 g/mol. The summed E-state index contributed by atoms with van der Waals surface area (Å²) < 4.78 is 60.6. The molecule has 0 aliphatic heterocycles. The molecule has 0 aromatic carbocycles. The lowest BCUT2D eigenvalue weighted by Gasteiger charge is -2.25. The van der Waals surface area contributed by atoms with Gasteiger partial charge in [0.1, 0.15) is 0 Å². The van der Waals surface area contributed by atoms with Crippen molar-refractivity contribution >= 4 is 5.91 Å². The van der Waals surface area contributed by atoms with Gasteiger partial charge in [-0.25, -0.2) is 0 Å². The molecule has 0 spiro atoms. The van der Waals surface area contributed by atoms with Crippen LogP contribution in [0.1, 0.15) is 27.2 Å². The van der Waals surface area contributed by atoms with Crippen LogP contribution in [0.15, 0.2) is 0 Å². The van der Waals surface area contributed by atoms with Gasteiger partial charge in [-0.3, -0.25) is 4.79 Å². The Kier molecular flexibility index (Phi) is 4.69. The molecule has 0 bridgehead atoms. The maximum absolute atomic E-state index is 12.5. The lowest BCUT2D eigenvalue weighted by molar-refractivity contribution is -0.270. The van der Waals surface area contributed by atoms with Crippen molar-refractivity contribution in [1.82, 2.24) is 5.32 Å². The van der Waals surface area contributed by atoms with Gasteiger partial charge >= 0.3 is 18.0 Å². The Morgan fingerprint density at radius 1 is 1.19 bits per heavy atom. The Morgan fingerprint density at radius 3 is 1.88 bits per heavy atom. The first kappa shape index (κ1) is 15.1. The zero-order valence-corrected chi connectivity index (χ0v) is 9.16. The summed E-state index contributed by atoms with van der Waals surface area (Å²) in [5.74, 6) is -7.84. The lowest BCUT2D eigenvalue weighted by Crippen LogP contribution is -2.53. The van der Waals surface area contributed by atoms with E-state index in [1.165, 1.54) is 0 Å². The van der Waals surface area contributed by atoms with E-state index in [2.05, 4.69) is 0 Å². The van der Waals surface area contributed by atoms with Crippen molar-refractivity contribution in [3.63, 3.8) is 0 Å². The molecule has 1 atom stereocenters. The van der Waals surface area contributed by atoms with Crippen molar-refractivity contribution in [3.05, 3.63) is 0 Å². The minimum Gasteiger partial charge on any atom is -0.348 e.